The summed E-state index contributed by atoms with van der Waals surface area (Å²) in [7, 11) is 1.57. The Morgan fingerprint density at radius 1 is 1.24 bits per heavy atom. The molecule has 6 rings (SSSR count). The zero-order valence-electron chi connectivity index (χ0n) is 21.3. The van der Waals surface area contributed by atoms with Crippen molar-refractivity contribution < 1.29 is 18.7 Å². The summed E-state index contributed by atoms with van der Waals surface area (Å²) in [5.41, 5.74) is 6.06. The number of hydrogen-bond acceptors (Lipinski definition) is 5. The Balaban J connectivity index is 1.11. The van der Waals surface area contributed by atoms with E-state index in [0.717, 1.165) is 73.6 Å². The maximum absolute atomic E-state index is 14.5. The maximum atomic E-state index is 14.5. The van der Waals surface area contributed by atoms with Crippen molar-refractivity contribution in [2.45, 2.75) is 45.2 Å². The number of fused-ring (bicyclic) bond motifs is 2. The van der Waals surface area contributed by atoms with Crippen LogP contribution in [0.25, 0.3) is 11.3 Å². The van der Waals surface area contributed by atoms with Crippen LogP contribution in [0.3, 0.4) is 0 Å². The molecule has 1 atom stereocenters. The molecule has 0 spiro atoms. The molecular formula is C29H33FN4O3. The van der Waals surface area contributed by atoms with Crippen molar-refractivity contribution in [3.8, 4) is 22.8 Å². The number of carbonyl (C=O) groups is 1. The monoisotopic (exact) mass is 504 g/mol. The number of carbonyl (C=O) groups excluding carboxylic acids is 1. The van der Waals surface area contributed by atoms with Gasteiger partial charge in [-0.2, -0.15) is 5.10 Å². The largest absolute Gasteiger partial charge is 0.496 e. The fraction of sp³-hybridized carbons (Fsp3) is 0.448. The van der Waals surface area contributed by atoms with E-state index < -0.39 is 0 Å². The summed E-state index contributed by atoms with van der Waals surface area (Å²) in [6, 6.07) is 11.2. The number of piperidine rings is 1. The maximum Gasteiger partial charge on any atom is 0.223 e. The summed E-state index contributed by atoms with van der Waals surface area (Å²) in [6.07, 6.45) is 4.24. The number of halogens is 1. The summed E-state index contributed by atoms with van der Waals surface area (Å²) >= 11 is 0. The molecule has 8 heteroatoms. The van der Waals surface area contributed by atoms with Crippen molar-refractivity contribution in [1.82, 2.24) is 20.0 Å². The van der Waals surface area contributed by atoms with E-state index in [2.05, 4.69) is 27.2 Å². The third-order valence-corrected chi connectivity index (χ3v) is 7.99. The third kappa shape index (κ3) is 4.82. The summed E-state index contributed by atoms with van der Waals surface area (Å²) in [4.78, 5) is 17.6. The molecule has 0 unspecified atom stereocenters. The fourth-order valence-electron chi connectivity index (χ4n) is 6.03. The molecule has 7 nitrogen and oxygen atoms in total. The summed E-state index contributed by atoms with van der Waals surface area (Å²) in [5.74, 6) is 1.75. The number of rotatable bonds is 6. The number of aromatic nitrogens is 2. The molecule has 4 heterocycles. The molecule has 194 valence electrons. The highest BCUT2D eigenvalue weighted by atomic mass is 19.1. The van der Waals surface area contributed by atoms with E-state index in [4.69, 9.17) is 9.47 Å². The topological polar surface area (TPSA) is 70.7 Å². The van der Waals surface area contributed by atoms with Crippen LogP contribution >= 0.6 is 0 Å². The quantitative estimate of drug-likeness (QED) is 0.541. The Labute approximate surface area is 216 Å². The number of H-pyrrole nitrogens is 1. The Bertz CT molecular complexity index is 1310. The van der Waals surface area contributed by atoms with Gasteiger partial charge in [0.15, 0.2) is 0 Å². The second-order valence-electron chi connectivity index (χ2n) is 10.4. The molecule has 3 aromatic rings. The summed E-state index contributed by atoms with van der Waals surface area (Å²) in [6.45, 7) is 4.20. The van der Waals surface area contributed by atoms with Crippen LogP contribution in [-0.2, 0) is 30.7 Å². The van der Waals surface area contributed by atoms with Crippen LogP contribution in [0.1, 0.15) is 41.6 Å². The van der Waals surface area contributed by atoms with E-state index in [-0.39, 0.29) is 17.6 Å². The minimum absolute atomic E-state index is 0.190. The van der Waals surface area contributed by atoms with Gasteiger partial charge in [0.1, 0.15) is 17.3 Å². The Hall–Kier alpha value is -3.39. The van der Waals surface area contributed by atoms with Crippen molar-refractivity contribution in [3.63, 3.8) is 0 Å². The van der Waals surface area contributed by atoms with Crippen LogP contribution in [0.15, 0.2) is 36.4 Å². The number of hydrogen-bond donors (Lipinski definition) is 1. The van der Waals surface area contributed by atoms with Crippen molar-refractivity contribution >= 4 is 5.91 Å². The zero-order chi connectivity index (χ0) is 25.4. The van der Waals surface area contributed by atoms with E-state index >= 15 is 0 Å². The molecule has 0 radical (unpaired) electrons. The smallest absolute Gasteiger partial charge is 0.223 e. The van der Waals surface area contributed by atoms with Gasteiger partial charge >= 0.3 is 0 Å². The minimum Gasteiger partial charge on any atom is -0.496 e. The normalized spacial score (nSPS) is 19.3. The van der Waals surface area contributed by atoms with Gasteiger partial charge in [-0.3, -0.25) is 14.8 Å². The van der Waals surface area contributed by atoms with Gasteiger partial charge in [-0.25, -0.2) is 4.39 Å². The van der Waals surface area contributed by atoms with E-state index in [1.807, 2.05) is 11.0 Å². The number of nitrogens with zero attached hydrogens (tertiary/aromatic N) is 3. The van der Waals surface area contributed by atoms with Crippen molar-refractivity contribution in [2.24, 2.45) is 5.92 Å². The first kappa shape index (κ1) is 24.0. The first-order valence-corrected chi connectivity index (χ1v) is 13.2. The van der Waals surface area contributed by atoms with Crippen LogP contribution in [0.4, 0.5) is 4.39 Å². The lowest BCUT2D eigenvalue weighted by Gasteiger charge is -2.34. The van der Waals surface area contributed by atoms with E-state index in [9.17, 15) is 9.18 Å². The molecule has 1 N–H and O–H groups in total. The lowest BCUT2D eigenvalue weighted by molar-refractivity contribution is -0.133. The highest BCUT2D eigenvalue weighted by molar-refractivity contribution is 5.77. The molecule has 0 bridgehead atoms. The highest BCUT2D eigenvalue weighted by Crippen LogP contribution is 2.34. The predicted octanol–water partition coefficient (Wildman–Crippen LogP) is 4.35. The standard InChI is InChI=1S/C29H33FN4O3/c1-36-27-6-2-5-24(30)22(27)17-33-11-3-4-19(16-33)14-28(35)34-12-9-25-23(18-34)29(32-31-25)21-7-8-26-20(15-21)10-13-37-26/h2,5-8,15,19H,3-4,9-14,16-18H2,1H3,(H,31,32)/t19-/m0/s1. The van der Waals surface area contributed by atoms with Crippen LogP contribution in [0, 0.1) is 11.7 Å². The van der Waals surface area contributed by atoms with Gasteiger partial charge in [-0.15, -0.1) is 0 Å². The predicted molar refractivity (Wildman–Crippen MR) is 138 cm³/mol. The first-order chi connectivity index (χ1) is 18.1. The van der Waals surface area contributed by atoms with Crippen molar-refractivity contribution in [2.75, 3.05) is 33.4 Å². The number of aromatic amines is 1. The number of amides is 1. The van der Waals surface area contributed by atoms with Crippen molar-refractivity contribution in [3.05, 3.63) is 64.6 Å². The highest BCUT2D eigenvalue weighted by Gasteiger charge is 2.30. The van der Waals surface area contributed by atoms with Gasteiger partial charge in [-0.1, -0.05) is 6.07 Å². The second kappa shape index (κ2) is 10.2. The molecular weight excluding hydrogens is 471 g/mol. The average molecular weight is 505 g/mol. The lowest BCUT2D eigenvalue weighted by Crippen LogP contribution is -2.40. The average Bonchev–Trinajstić information content (AvgIpc) is 3.56. The number of nitrogens with one attached hydrogen (secondary N) is 1. The Morgan fingerprint density at radius 2 is 2.16 bits per heavy atom. The summed E-state index contributed by atoms with van der Waals surface area (Å²) in [5, 5.41) is 7.83. The van der Waals surface area contributed by atoms with E-state index in [1.165, 1.54) is 11.6 Å². The summed E-state index contributed by atoms with van der Waals surface area (Å²) < 4.78 is 25.5. The molecule has 0 aliphatic carbocycles. The molecule has 1 fully saturated rings. The molecule has 37 heavy (non-hydrogen) atoms. The van der Waals surface area contributed by atoms with E-state index in [0.29, 0.717) is 37.4 Å². The van der Waals surface area contributed by atoms with Crippen LogP contribution in [0.5, 0.6) is 11.5 Å². The Morgan fingerprint density at radius 3 is 3.05 bits per heavy atom. The molecule has 2 aromatic carbocycles. The van der Waals surface area contributed by atoms with Gasteiger partial charge in [0.2, 0.25) is 5.91 Å². The fourth-order valence-corrected chi connectivity index (χ4v) is 6.03. The molecule has 1 aromatic heterocycles. The van der Waals surface area contributed by atoms with Crippen molar-refractivity contribution in [1.29, 1.82) is 0 Å². The molecule has 1 saturated heterocycles. The van der Waals surface area contributed by atoms with Gasteiger partial charge in [0.25, 0.3) is 0 Å². The molecule has 3 aliphatic rings. The number of ether oxygens (including phenoxy) is 2. The zero-order valence-corrected chi connectivity index (χ0v) is 21.3. The molecule has 1 amide bonds. The number of likely N-dealkylation sites (tertiary alicyclic amines) is 1. The van der Waals surface area contributed by atoms with Gasteiger partial charge in [-0.05, 0) is 61.2 Å². The van der Waals surface area contributed by atoms with E-state index in [1.54, 1.807) is 19.2 Å². The van der Waals surface area contributed by atoms with Gasteiger partial charge in [0.05, 0.1) is 19.4 Å². The second-order valence-corrected chi connectivity index (χ2v) is 10.4. The third-order valence-electron chi connectivity index (χ3n) is 7.99. The minimum atomic E-state index is -0.242. The van der Waals surface area contributed by atoms with Gasteiger partial charge < -0.3 is 14.4 Å². The van der Waals surface area contributed by atoms with Crippen LogP contribution in [0.2, 0.25) is 0 Å². The van der Waals surface area contributed by atoms with Gasteiger partial charge in [0, 0.05) is 67.8 Å². The first-order valence-electron chi connectivity index (χ1n) is 13.2. The van der Waals surface area contributed by atoms with Crippen LogP contribution < -0.4 is 9.47 Å². The number of methoxy groups -OCH3 is 1. The SMILES string of the molecule is COc1cccc(F)c1CN1CCC[C@@H](CC(=O)N2CCc3[nH]nc(-c4ccc5c(c4)CCO5)c3C2)C1. The molecule has 0 saturated carbocycles. The van der Waals surface area contributed by atoms with Crippen LogP contribution in [-0.4, -0.2) is 59.3 Å². The lowest BCUT2D eigenvalue weighted by atomic mass is 9.93. The molecule has 3 aliphatic heterocycles. The number of benzene rings is 2. The Kier molecular flexibility index (Phi) is 6.59.